The number of rotatable bonds is 8. The van der Waals surface area contributed by atoms with Crippen LogP contribution in [0, 0.1) is 6.92 Å². The predicted octanol–water partition coefficient (Wildman–Crippen LogP) is 5.99. The van der Waals surface area contributed by atoms with Crippen LogP contribution in [0.25, 0.3) is 11.5 Å². The Kier molecular flexibility index (Phi) is 7.45. The Labute approximate surface area is 207 Å². The maximum atomic E-state index is 13.7. The van der Waals surface area contributed by atoms with Gasteiger partial charge in [0.05, 0.1) is 10.5 Å². The Bertz CT molecular complexity index is 1330. The van der Waals surface area contributed by atoms with Gasteiger partial charge in [0.25, 0.3) is 10.0 Å². The normalized spacial score (nSPS) is 12.1. The molecule has 0 aliphatic rings. The molecule has 0 saturated heterocycles. The smallest absolute Gasteiger partial charge is 0.336 e. The average molecular weight is 499 g/mol. The van der Waals surface area contributed by atoms with Gasteiger partial charge < -0.3 is 9.52 Å². The second kappa shape index (κ2) is 9.85. The number of anilines is 1. The molecule has 3 rings (SSSR count). The summed E-state index contributed by atoms with van der Waals surface area (Å²) in [6, 6.07) is 10.7. The summed E-state index contributed by atoms with van der Waals surface area (Å²) in [6.07, 6.45) is 1.03. The van der Waals surface area contributed by atoms with Crippen LogP contribution < -0.4 is 4.31 Å². The van der Waals surface area contributed by atoms with E-state index in [1.165, 1.54) is 15.9 Å². The second-order valence-corrected chi connectivity index (χ2v) is 11.4. The predicted molar refractivity (Wildman–Crippen MR) is 138 cm³/mol. The molecule has 0 unspecified atom stereocenters. The molecule has 3 aromatic rings. The Hall–Kier alpha value is -3.13. The van der Waals surface area contributed by atoms with Crippen molar-refractivity contribution >= 4 is 21.8 Å². The number of aryl methyl sites for hydroxylation is 2. The SMILES string of the molecule is CCc1cc(S(=O)(=O)N(CC)c2nc(-c3ccc(C(C)(C)C)cc3)oc2C)cc(C(=O)O)c1CC. The molecule has 0 bridgehead atoms. The van der Waals surface area contributed by atoms with Crippen molar-refractivity contribution in [1.29, 1.82) is 0 Å². The molecule has 1 aromatic heterocycles. The molecule has 0 amide bonds. The average Bonchev–Trinajstić information content (AvgIpc) is 3.18. The lowest BCUT2D eigenvalue weighted by molar-refractivity contribution is 0.0695. The Morgan fingerprint density at radius 1 is 1.06 bits per heavy atom. The number of carboxylic acid groups (broad SMARTS) is 1. The van der Waals surface area contributed by atoms with E-state index in [2.05, 4.69) is 25.8 Å². The monoisotopic (exact) mass is 498 g/mol. The van der Waals surface area contributed by atoms with Gasteiger partial charge in [0.1, 0.15) is 5.76 Å². The number of aromatic carboxylic acids is 1. The van der Waals surface area contributed by atoms with Gasteiger partial charge in [-0.15, -0.1) is 0 Å². The summed E-state index contributed by atoms with van der Waals surface area (Å²) in [6.45, 7) is 13.6. The summed E-state index contributed by atoms with van der Waals surface area (Å²) in [5.41, 5.74) is 3.29. The summed E-state index contributed by atoms with van der Waals surface area (Å²) >= 11 is 0. The van der Waals surface area contributed by atoms with Crippen LogP contribution in [-0.4, -0.2) is 31.0 Å². The quantitative estimate of drug-likeness (QED) is 0.410. The molecular weight excluding hydrogens is 464 g/mol. The molecule has 0 spiro atoms. The second-order valence-electron chi connectivity index (χ2n) is 9.52. The van der Waals surface area contributed by atoms with Crippen LogP contribution in [0.4, 0.5) is 5.82 Å². The van der Waals surface area contributed by atoms with Crippen molar-refractivity contribution in [3.8, 4) is 11.5 Å². The van der Waals surface area contributed by atoms with Gasteiger partial charge in [-0.05, 0) is 73.1 Å². The van der Waals surface area contributed by atoms with Crippen molar-refractivity contribution < 1.29 is 22.7 Å². The number of carbonyl (C=O) groups is 1. The first-order valence-corrected chi connectivity index (χ1v) is 13.3. The molecule has 35 heavy (non-hydrogen) atoms. The molecule has 0 aliphatic heterocycles. The van der Waals surface area contributed by atoms with Gasteiger partial charge in [-0.2, -0.15) is 4.98 Å². The van der Waals surface area contributed by atoms with Crippen molar-refractivity contribution in [3.05, 3.63) is 64.4 Å². The number of hydrogen-bond acceptors (Lipinski definition) is 5. The highest BCUT2D eigenvalue weighted by molar-refractivity contribution is 7.92. The minimum Gasteiger partial charge on any atom is -0.478 e. The summed E-state index contributed by atoms with van der Waals surface area (Å²) < 4.78 is 34.5. The first kappa shape index (κ1) is 26.5. The fraction of sp³-hybridized carbons (Fsp3) is 0.407. The Morgan fingerprint density at radius 2 is 1.69 bits per heavy atom. The van der Waals surface area contributed by atoms with Crippen LogP contribution in [0.3, 0.4) is 0 Å². The van der Waals surface area contributed by atoms with Crippen LogP contribution in [0.15, 0.2) is 45.7 Å². The Morgan fingerprint density at radius 3 is 2.17 bits per heavy atom. The highest BCUT2D eigenvalue weighted by Crippen LogP contribution is 2.33. The molecule has 0 aliphatic carbocycles. The molecule has 0 radical (unpaired) electrons. The van der Waals surface area contributed by atoms with Gasteiger partial charge in [0.2, 0.25) is 5.89 Å². The third-order valence-electron chi connectivity index (χ3n) is 6.16. The minimum absolute atomic E-state index is 0.00274. The van der Waals surface area contributed by atoms with Gasteiger partial charge in [0, 0.05) is 12.1 Å². The van der Waals surface area contributed by atoms with Crippen molar-refractivity contribution in [3.63, 3.8) is 0 Å². The van der Waals surface area contributed by atoms with Gasteiger partial charge in [-0.25, -0.2) is 17.5 Å². The highest BCUT2D eigenvalue weighted by atomic mass is 32.2. The van der Waals surface area contributed by atoms with E-state index in [-0.39, 0.29) is 28.2 Å². The van der Waals surface area contributed by atoms with Crippen molar-refractivity contribution in [2.24, 2.45) is 0 Å². The van der Waals surface area contributed by atoms with Crippen molar-refractivity contribution in [2.75, 3.05) is 10.8 Å². The van der Waals surface area contributed by atoms with Gasteiger partial charge in [0.15, 0.2) is 5.82 Å². The van der Waals surface area contributed by atoms with E-state index in [4.69, 9.17) is 4.42 Å². The van der Waals surface area contributed by atoms with Gasteiger partial charge in [-0.3, -0.25) is 0 Å². The number of hydrogen-bond donors (Lipinski definition) is 1. The lowest BCUT2D eigenvalue weighted by Gasteiger charge is -2.22. The lowest BCUT2D eigenvalue weighted by atomic mass is 9.87. The largest absolute Gasteiger partial charge is 0.478 e. The summed E-state index contributed by atoms with van der Waals surface area (Å²) in [5.74, 6) is -0.259. The zero-order chi connectivity index (χ0) is 26.1. The van der Waals surface area contributed by atoms with E-state index in [9.17, 15) is 18.3 Å². The first-order chi connectivity index (χ1) is 16.3. The fourth-order valence-electron chi connectivity index (χ4n) is 4.19. The number of benzene rings is 2. The number of aromatic nitrogens is 1. The van der Waals surface area contributed by atoms with Crippen LogP contribution in [-0.2, 0) is 28.3 Å². The molecule has 0 atom stereocenters. The molecule has 0 saturated carbocycles. The molecule has 7 nitrogen and oxygen atoms in total. The summed E-state index contributed by atoms with van der Waals surface area (Å²) in [4.78, 5) is 16.4. The third-order valence-corrected chi connectivity index (χ3v) is 8.00. The zero-order valence-corrected chi connectivity index (χ0v) is 22.3. The maximum Gasteiger partial charge on any atom is 0.336 e. The maximum absolute atomic E-state index is 13.7. The van der Waals surface area contributed by atoms with E-state index in [1.807, 2.05) is 38.1 Å². The fourth-order valence-corrected chi connectivity index (χ4v) is 5.74. The molecule has 1 heterocycles. The van der Waals surface area contributed by atoms with E-state index in [0.717, 1.165) is 5.56 Å². The van der Waals surface area contributed by atoms with Gasteiger partial charge >= 0.3 is 5.97 Å². The van der Waals surface area contributed by atoms with Crippen LogP contribution in [0.5, 0.6) is 0 Å². The molecule has 2 aromatic carbocycles. The molecule has 1 N–H and O–H groups in total. The highest BCUT2D eigenvalue weighted by Gasteiger charge is 2.30. The Balaban J connectivity index is 2.08. The molecule has 188 valence electrons. The van der Waals surface area contributed by atoms with Crippen LogP contribution in [0.1, 0.15) is 74.4 Å². The van der Waals surface area contributed by atoms with E-state index < -0.39 is 16.0 Å². The standard InChI is InChI=1S/C27H34N2O5S/c1-8-18-15-21(16-23(26(30)31)22(18)9-2)35(32,33)29(10-3)24-17(4)34-25(28-24)19-11-13-20(14-12-19)27(5,6)7/h11-16H,8-10H2,1-7H3,(H,30,31). The number of nitrogens with zero attached hydrogens (tertiary/aromatic N) is 2. The summed E-state index contributed by atoms with van der Waals surface area (Å²) in [7, 11) is -4.09. The number of sulfonamides is 1. The van der Waals surface area contributed by atoms with Gasteiger partial charge in [-0.1, -0.05) is 46.8 Å². The first-order valence-electron chi connectivity index (χ1n) is 11.8. The van der Waals surface area contributed by atoms with E-state index >= 15 is 0 Å². The van der Waals surface area contributed by atoms with E-state index in [1.54, 1.807) is 19.9 Å². The van der Waals surface area contributed by atoms with Crippen molar-refractivity contribution in [1.82, 2.24) is 4.98 Å². The molecule has 8 heteroatoms. The zero-order valence-electron chi connectivity index (χ0n) is 21.5. The van der Waals surface area contributed by atoms with Crippen LogP contribution >= 0.6 is 0 Å². The number of carboxylic acids is 1. The molecular formula is C27H34N2O5S. The summed E-state index contributed by atoms with van der Waals surface area (Å²) in [5, 5.41) is 9.73. The van der Waals surface area contributed by atoms with Crippen LogP contribution in [0.2, 0.25) is 0 Å². The lowest BCUT2D eigenvalue weighted by Crippen LogP contribution is -2.32. The van der Waals surface area contributed by atoms with Crippen molar-refractivity contribution in [2.45, 2.75) is 71.6 Å². The minimum atomic E-state index is -4.09. The van der Waals surface area contributed by atoms with E-state index in [0.29, 0.717) is 35.6 Å². The number of oxazole rings is 1. The topological polar surface area (TPSA) is 101 Å². The molecule has 0 fully saturated rings. The third kappa shape index (κ3) is 5.12.